The Kier molecular flexibility index (Phi) is 14.0. The van der Waals surface area contributed by atoms with E-state index < -0.39 is 6.04 Å². The van der Waals surface area contributed by atoms with Gasteiger partial charge < -0.3 is 25.0 Å². The first-order chi connectivity index (χ1) is 25.9. The number of fused-ring (bicyclic) bond motifs is 1. The number of hydrogen-bond acceptors (Lipinski definition) is 7. The normalized spacial score (nSPS) is 36.0. The van der Waals surface area contributed by atoms with Gasteiger partial charge in [0, 0.05) is 57.7 Å². The fourth-order valence-corrected chi connectivity index (χ4v) is 12.1. The Hall–Kier alpha value is -1.81. The summed E-state index contributed by atoms with van der Waals surface area (Å²) in [5.41, 5.74) is 3.70. The molecule has 3 aliphatic heterocycles. The molecule has 0 spiro atoms. The van der Waals surface area contributed by atoms with E-state index in [0.717, 1.165) is 83.1 Å². The number of carbonyl (C=O) groups is 3. The molecule has 53 heavy (non-hydrogen) atoms. The standard InChI is InChI=1S/C44H72N4O5/c1-2-39(31-9-5-3-6-10-31)42(32-11-16-36(49)17-12-32)33-13-18-38(19-14-33)53-26-8-4-7-21-46-22-24-47(25-23-46)35-15-20-40-34(27-35)30-48(44(40)52)41-28-37(50)29-45-43(41)51/h31-36,38,40-41,49H,2-30H2,1H3,(H,45,51)/b42-39-. The summed E-state index contributed by atoms with van der Waals surface area (Å²) in [4.78, 5) is 44.7. The summed E-state index contributed by atoms with van der Waals surface area (Å²) in [6.45, 7) is 9.67. The van der Waals surface area contributed by atoms with E-state index in [-0.39, 0.29) is 42.6 Å². The summed E-state index contributed by atoms with van der Waals surface area (Å²) in [6, 6.07) is -0.0816. The predicted octanol–water partition coefficient (Wildman–Crippen LogP) is 6.27. The highest BCUT2D eigenvalue weighted by atomic mass is 16.5. The summed E-state index contributed by atoms with van der Waals surface area (Å²) in [7, 11) is 0. The van der Waals surface area contributed by atoms with Crippen LogP contribution in [0.3, 0.4) is 0 Å². The SMILES string of the molecule is CC/C(=C(\C1CCC(O)CC1)C1CCC(OCCCCCN2CCN(C3CCC4C(=O)N(C5CC(=O)CNC5=O)CC4C3)CC2)CC1)C1CCCCC1. The number of ether oxygens (including phenoxy) is 1. The molecule has 9 nitrogen and oxygen atoms in total. The van der Waals surface area contributed by atoms with Gasteiger partial charge in [-0.15, -0.1) is 0 Å². The van der Waals surface area contributed by atoms with E-state index in [1.165, 1.54) is 96.4 Å². The first-order valence-corrected chi connectivity index (χ1v) is 22.5. The molecule has 0 aromatic carbocycles. The maximum atomic E-state index is 13.2. The van der Waals surface area contributed by atoms with Crippen molar-refractivity contribution in [1.29, 1.82) is 0 Å². The molecular weight excluding hydrogens is 665 g/mol. The van der Waals surface area contributed by atoms with Gasteiger partial charge >= 0.3 is 0 Å². The van der Waals surface area contributed by atoms with Crippen LogP contribution in [0.4, 0.5) is 0 Å². The second kappa shape index (κ2) is 18.9. The molecule has 7 rings (SSSR count). The van der Waals surface area contributed by atoms with Gasteiger partial charge in [0.05, 0.1) is 18.8 Å². The fraction of sp³-hybridized carbons (Fsp3) is 0.886. The number of allylic oxidation sites excluding steroid dienone is 2. The maximum absolute atomic E-state index is 13.2. The number of aliphatic hydroxyl groups is 1. The molecule has 0 aromatic rings. The molecule has 4 saturated carbocycles. The van der Waals surface area contributed by atoms with Gasteiger partial charge in [0.15, 0.2) is 5.78 Å². The van der Waals surface area contributed by atoms with Crippen LogP contribution in [0.2, 0.25) is 0 Å². The Morgan fingerprint density at radius 2 is 1.51 bits per heavy atom. The van der Waals surface area contributed by atoms with Gasteiger partial charge in [-0.1, -0.05) is 37.3 Å². The minimum atomic E-state index is -0.604. The number of hydrogen-bond donors (Lipinski definition) is 2. The summed E-state index contributed by atoms with van der Waals surface area (Å²) < 4.78 is 6.51. The molecule has 2 N–H and O–H groups in total. The zero-order chi connectivity index (χ0) is 36.7. The average molecular weight is 737 g/mol. The number of unbranched alkanes of at least 4 members (excludes halogenated alkanes) is 2. The monoisotopic (exact) mass is 737 g/mol. The zero-order valence-corrected chi connectivity index (χ0v) is 33.1. The maximum Gasteiger partial charge on any atom is 0.243 e. The molecule has 4 aliphatic carbocycles. The molecule has 3 saturated heterocycles. The highest BCUT2D eigenvalue weighted by Gasteiger charge is 2.49. The second-order valence-electron chi connectivity index (χ2n) is 18.3. The Bertz CT molecular complexity index is 1260. The number of piperidine rings is 1. The number of aliphatic hydroxyl groups excluding tert-OH is 1. The van der Waals surface area contributed by atoms with Crippen molar-refractivity contribution in [1.82, 2.24) is 20.0 Å². The van der Waals surface area contributed by atoms with Crippen LogP contribution in [0.1, 0.15) is 142 Å². The topological polar surface area (TPSA) is 102 Å². The molecule has 4 atom stereocenters. The lowest BCUT2D eigenvalue weighted by Gasteiger charge is -2.42. The van der Waals surface area contributed by atoms with E-state index in [1.54, 1.807) is 4.90 Å². The van der Waals surface area contributed by atoms with Crippen molar-refractivity contribution in [3.8, 4) is 0 Å². The number of rotatable bonds is 13. The number of nitrogens with one attached hydrogen (secondary N) is 1. The lowest BCUT2D eigenvalue weighted by molar-refractivity contribution is -0.143. The van der Waals surface area contributed by atoms with Crippen LogP contribution in [-0.2, 0) is 19.1 Å². The second-order valence-corrected chi connectivity index (χ2v) is 18.3. The molecular formula is C44H72N4O5. The number of nitrogens with zero attached hydrogens (tertiary/aromatic N) is 3. The number of piperazine rings is 1. The number of ketones is 1. The first kappa shape index (κ1) is 39.4. The van der Waals surface area contributed by atoms with Crippen LogP contribution >= 0.6 is 0 Å². The van der Waals surface area contributed by atoms with Crippen LogP contribution in [0.5, 0.6) is 0 Å². The summed E-state index contributed by atoms with van der Waals surface area (Å²) in [6.07, 6.45) is 24.8. The molecule has 7 fully saturated rings. The quantitative estimate of drug-likeness (QED) is 0.170. The van der Waals surface area contributed by atoms with Crippen molar-refractivity contribution in [3.63, 3.8) is 0 Å². The molecule has 3 heterocycles. The minimum absolute atomic E-state index is 0.0176. The van der Waals surface area contributed by atoms with Gasteiger partial charge in [-0.2, -0.15) is 0 Å². The highest BCUT2D eigenvalue weighted by molar-refractivity contribution is 5.99. The largest absolute Gasteiger partial charge is 0.393 e. The Labute approximate surface area is 320 Å². The number of likely N-dealkylation sites (tertiary alicyclic amines) is 1. The molecule has 298 valence electrons. The van der Waals surface area contributed by atoms with E-state index in [4.69, 9.17) is 4.74 Å². The fourth-order valence-electron chi connectivity index (χ4n) is 12.1. The molecule has 0 bridgehead atoms. The van der Waals surface area contributed by atoms with Crippen molar-refractivity contribution in [2.45, 2.75) is 166 Å². The summed E-state index contributed by atoms with van der Waals surface area (Å²) in [5, 5.41) is 13.0. The molecule has 9 heteroatoms. The number of carbonyl (C=O) groups excluding carboxylic acids is 3. The Morgan fingerprint density at radius 3 is 2.23 bits per heavy atom. The van der Waals surface area contributed by atoms with Crippen molar-refractivity contribution >= 4 is 17.6 Å². The number of Topliss-reactive ketones (excluding diaryl/α,β-unsaturated/α-hetero) is 1. The van der Waals surface area contributed by atoms with Crippen LogP contribution in [-0.4, -0.2) is 114 Å². The van der Waals surface area contributed by atoms with Gasteiger partial charge in [-0.3, -0.25) is 19.3 Å². The third kappa shape index (κ3) is 9.78. The van der Waals surface area contributed by atoms with Gasteiger partial charge in [-0.25, -0.2) is 0 Å². The van der Waals surface area contributed by atoms with Gasteiger partial charge in [0.2, 0.25) is 11.8 Å². The van der Waals surface area contributed by atoms with Crippen LogP contribution in [0, 0.1) is 29.6 Å². The van der Waals surface area contributed by atoms with Crippen LogP contribution < -0.4 is 5.32 Å². The van der Waals surface area contributed by atoms with Gasteiger partial charge in [0.25, 0.3) is 0 Å². The van der Waals surface area contributed by atoms with Gasteiger partial charge in [-0.05, 0) is 139 Å². The Balaban J connectivity index is 0.775. The van der Waals surface area contributed by atoms with Crippen molar-refractivity contribution in [2.75, 3.05) is 52.4 Å². The Morgan fingerprint density at radius 1 is 0.792 bits per heavy atom. The van der Waals surface area contributed by atoms with Crippen LogP contribution in [0.25, 0.3) is 0 Å². The molecule has 4 unspecified atom stereocenters. The molecule has 0 radical (unpaired) electrons. The molecule has 0 aromatic heterocycles. The highest BCUT2D eigenvalue weighted by Crippen LogP contribution is 2.46. The summed E-state index contributed by atoms with van der Waals surface area (Å²) in [5.74, 6) is 2.54. The first-order valence-electron chi connectivity index (χ1n) is 22.5. The van der Waals surface area contributed by atoms with E-state index in [1.807, 2.05) is 11.1 Å². The van der Waals surface area contributed by atoms with Crippen molar-refractivity contribution < 1.29 is 24.2 Å². The lowest BCUT2D eigenvalue weighted by Crippen LogP contribution is -2.54. The summed E-state index contributed by atoms with van der Waals surface area (Å²) >= 11 is 0. The predicted molar refractivity (Wildman–Crippen MR) is 208 cm³/mol. The van der Waals surface area contributed by atoms with Crippen LogP contribution in [0.15, 0.2) is 11.1 Å². The van der Waals surface area contributed by atoms with Gasteiger partial charge in [0.1, 0.15) is 6.04 Å². The third-order valence-electron chi connectivity index (χ3n) is 15.0. The van der Waals surface area contributed by atoms with Crippen molar-refractivity contribution in [3.05, 3.63) is 11.1 Å². The lowest BCUT2D eigenvalue weighted by atomic mass is 9.68. The average Bonchev–Trinajstić information content (AvgIpc) is 3.52. The zero-order valence-electron chi connectivity index (χ0n) is 33.1. The smallest absolute Gasteiger partial charge is 0.243 e. The third-order valence-corrected chi connectivity index (χ3v) is 15.0. The van der Waals surface area contributed by atoms with E-state index >= 15 is 0 Å². The minimum Gasteiger partial charge on any atom is -0.393 e. The van der Waals surface area contributed by atoms with Crippen molar-refractivity contribution in [2.24, 2.45) is 29.6 Å². The van der Waals surface area contributed by atoms with E-state index in [9.17, 15) is 19.5 Å². The number of amides is 2. The molecule has 2 amide bonds. The molecule has 7 aliphatic rings. The van der Waals surface area contributed by atoms with E-state index in [0.29, 0.717) is 30.5 Å². The van der Waals surface area contributed by atoms with E-state index in [2.05, 4.69) is 22.0 Å².